The van der Waals surface area contributed by atoms with Crippen molar-refractivity contribution in [1.29, 1.82) is 0 Å². The Balaban J connectivity index is 0.00000686. The van der Waals surface area contributed by atoms with Crippen molar-refractivity contribution in [1.82, 2.24) is 19.9 Å². The fourth-order valence-electron chi connectivity index (χ4n) is 17.9. The van der Waals surface area contributed by atoms with Gasteiger partial charge in [-0.05, 0) is 254 Å². The van der Waals surface area contributed by atoms with Gasteiger partial charge in [-0.1, -0.05) is 265 Å². The van der Waals surface area contributed by atoms with E-state index in [2.05, 4.69) is 302 Å². The van der Waals surface area contributed by atoms with Gasteiger partial charge in [0.25, 0.3) is 0 Å². The van der Waals surface area contributed by atoms with Gasteiger partial charge in [0.15, 0.2) is 0 Å². The van der Waals surface area contributed by atoms with Crippen LogP contribution in [0.1, 0.15) is 128 Å². The molecule has 2 aliphatic rings. The molecular weight excluding hydrogens is 1270 g/mol. The van der Waals surface area contributed by atoms with Crippen molar-refractivity contribution >= 4 is 176 Å². The third-order valence-corrected chi connectivity index (χ3v) is 23.1. The van der Waals surface area contributed by atoms with Crippen molar-refractivity contribution in [3.05, 3.63) is 239 Å². The van der Waals surface area contributed by atoms with Crippen molar-refractivity contribution in [2.45, 2.75) is 105 Å². The van der Waals surface area contributed by atoms with Crippen molar-refractivity contribution in [2.24, 2.45) is 0 Å². The van der Waals surface area contributed by atoms with E-state index in [1.165, 1.54) is 152 Å². The Morgan fingerprint density at radius 3 is 0.713 bits per heavy atom. The Morgan fingerprint density at radius 1 is 0.228 bits per heavy atom. The number of nitrogens with zero attached hydrogens (tertiary/aromatic N) is 4. The van der Waals surface area contributed by atoms with Crippen molar-refractivity contribution in [3.8, 4) is 44.5 Å². The molecular formula is C96H72N4Zn. The predicted octanol–water partition coefficient (Wildman–Crippen LogP) is 26.2. The minimum atomic E-state index is -0.160. The van der Waals surface area contributed by atoms with Gasteiger partial charge in [0.05, 0.1) is 22.8 Å². The number of benzene rings is 16. The SMILES string of the molecule is CC(C)(C)c1cc(-c2c3nc(c(-c4cc5ccc6ccc7ccc8ccc9ccc4c4c9c8c7c6c54)c4ccc([n-]4)c(-c4cc(C(C)(C)C)cc(C(C)(C)C)c4)c4nc(c(-c5cc6ccc7ccc8ccc9ccc%10ccc5c5c%10c9c8c7c65)c5ccc2[n-]5)C=C4)C=C3)cc(C(C)(C)C)c1.[Zn+2]. The van der Waals surface area contributed by atoms with Gasteiger partial charge in [-0.2, -0.15) is 0 Å². The summed E-state index contributed by atoms with van der Waals surface area (Å²) >= 11 is 0. The standard InChI is InChI=1S/C96H72N4.Zn/c1-93(2,3)61-41-59(42-62(47-61)94(4,5)6)77-69-33-37-73(97-69)89(67-45-57-27-25-53-19-15-49-13-17-51-21-23-55-29-31-65(67)91-85(55)81(51)79(49)83(53)87(57)91)75-39-35-71(99-75)78(60-43-63(95(7,8)9)48-64(44-60)96(10,11)12)72-36-40-76(100-72)90(74-38-34-70(77)98-74)68-46-58-28-26-54-20-16-50-14-18-52-22-24-56-30-32-66(68)92-86(56)82(52)80(50)84(54)88(58)92;/h13-48H,1-12H3;/q-2;+2. The summed E-state index contributed by atoms with van der Waals surface area (Å²) < 4.78 is 0. The molecule has 3 aromatic heterocycles. The molecule has 4 nitrogen and oxygen atoms in total. The van der Waals surface area contributed by atoms with Crippen LogP contribution < -0.4 is 9.97 Å². The van der Waals surface area contributed by atoms with E-state index in [1.807, 2.05) is 0 Å². The number of hydrogen-bond acceptors (Lipinski definition) is 2. The maximum absolute atomic E-state index is 6.05. The Kier molecular flexibility index (Phi) is 12.2. The molecule has 8 bridgehead atoms. The molecule has 2 aliphatic heterocycles. The topological polar surface area (TPSA) is 54.0 Å². The minimum absolute atomic E-state index is 0. The maximum Gasteiger partial charge on any atom is 2.00 e. The van der Waals surface area contributed by atoms with Gasteiger partial charge in [-0.25, -0.2) is 9.97 Å². The summed E-state index contributed by atoms with van der Waals surface area (Å²) in [5.74, 6) is 0. The van der Waals surface area contributed by atoms with E-state index >= 15 is 0 Å². The largest absolute Gasteiger partial charge is 2.00 e. The van der Waals surface area contributed by atoms with Crippen LogP contribution in [0.4, 0.5) is 0 Å². The summed E-state index contributed by atoms with van der Waals surface area (Å²) in [6.07, 6.45) is 9.03. The summed E-state index contributed by atoms with van der Waals surface area (Å²) in [6.45, 7) is 27.9. The molecule has 0 radical (unpaired) electrons. The molecule has 0 amide bonds. The maximum atomic E-state index is 6.05. The summed E-state index contributed by atoms with van der Waals surface area (Å²) in [4.78, 5) is 24.2. The molecule has 19 aromatic rings. The molecule has 0 saturated heterocycles. The summed E-state index contributed by atoms with van der Waals surface area (Å²) in [7, 11) is 0. The fourth-order valence-corrected chi connectivity index (χ4v) is 17.9. The molecule has 0 unspecified atom stereocenters. The fraction of sp³-hybridized carbons (Fsp3) is 0.167. The molecule has 0 atom stereocenters. The van der Waals surface area contributed by atoms with Crippen LogP contribution >= 0.6 is 0 Å². The normalized spacial score (nSPS) is 13.6. The Morgan fingerprint density at radius 2 is 0.446 bits per heavy atom. The van der Waals surface area contributed by atoms with Gasteiger partial charge < -0.3 is 9.97 Å². The zero-order chi connectivity index (χ0) is 67.7. The molecule has 0 saturated carbocycles. The number of aromatic nitrogens is 4. The van der Waals surface area contributed by atoms with Gasteiger partial charge in [0, 0.05) is 0 Å². The smallest absolute Gasteiger partial charge is 0.657 e. The first-order valence-corrected chi connectivity index (χ1v) is 35.7. The molecule has 5 heteroatoms. The minimum Gasteiger partial charge on any atom is -0.657 e. The summed E-state index contributed by atoms with van der Waals surface area (Å²) in [5.41, 5.74) is 19.5. The first-order valence-electron chi connectivity index (χ1n) is 35.7. The second-order valence-electron chi connectivity index (χ2n) is 33.3. The van der Waals surface area contributed by atoms with Crippen LogP contribution in [-0.4, -0.2) is 9.97 Å². The van der Waals surface area contributed by atoms with E-state index in [1.54, 1.807) is 0 Å². The van der Waals surface area contributed by atoms with Crippen LogP contribution in [0.2, 0.25) is 0 Å². The third-order valence-electron chi connectivity index (χ3n) is 23.1. The Labute approximate surface area is 599 Å². The molecule has 478 valence electrons. The van der Waals surface area contributed by atoms with Gasteiger partial charge in [-0.15, -0.1) is 22.1 Å². The van der Waals surface area contributed by atoms with Crippen LogP contribution in [0, 0.1) is 0 Å². The second-order valence-corrected chi connectivity index (χ2v) is 33.3. The zero-order valence-corrected chi connectivity index (χ0v) is 62.2. The van der Waals surface area contributed by atoms with E-state index in [0.717, 1.165) is 89.4 Å². The Hall–Kier alpha value is -10.6. The number of rotatable bonds is 4. The van der Waals surface area contributed by atoms with Crippen molar-refractivity contribution < 1.29 is 19.5 Å². The van der Waals surface area contributed by atoms with E-state index in [4.69, 9.17) is 19.9 Å². The number of fused-ring (bicyclic) bond motifs is 8. The average molecular weight is 1350 g/mol. The molecule has 5 heterocycles. The first kappa shape index (κ1) is 60.4. The van der Waals surface area contributed by atoms with Crippen LogP contribution in [0.5, 0.6) is 0 Å². The quantitative estimate of drug-likeness (QED) is 0.100. The average Bonchev–Trinajstić information content (AvgIpc) is 0.769. The van der Waals surface area contributed by atoms with Crippen LogP contribution in [-0.2, 0) is 41.1 Å². The third kappa shape index (κ3) is 8.51. The van der Waals surface area contributed by atoms with Gasteiger partial charge in [0.2, 0.25) is 0 Å². The van der Waals surface area contributed by atoms with E-state index in [9.17, 15) is 0 Å². The van der Waals surface area contributed by atoms with Crippen LogP contribution in [0.25, 0.3) is 220 Å². The predicted molar refractivity (Wildman–Crippen MR) is 431 cm³/mol. The number of hydrogen-bond donors (Lipinski definition) is 0. The van der Waals surface area contributed by atoms with E-state index < -0.39 is 0 Å². The summed E-state index contributed by atoms with van der Waals surface area (Å²) in [6, 6.07) is 75.0. The molecule has 0 N–H and O–H groups in total. The van der Waals surface area contributed by atoms with Crippen molar-refractivity contribution in [2.75, 3.05) is 0 Å². The second kappa shape index (κ2) is 20.3. The molecule has 16 aromatic carbocycles. The first-order chi connectivity index (χ1) is 48.1. The van der Waals surface area contributed by atoms with Gasteiger partial charge in [-0.3, -0.25) is 0 Å². The summed E-state index contributed by atoms with van der Waals surface area (Å²) in [5, 5.41) is 30.7. The van der Waals surface area contributed by atoms with Gasteiger partial charge in [0.1, 0.15) is 0 Å². The molecule has 0 fully saturated rings. The molecule has 21 rings (SSSR count). The van der Waals surface area contributed by atoms with Crippen LogP contribution in [0.15, 0.2) is 194 Å². The molecule has 0 spiro atoms. The zero-order valence-electron chi connectivity index (χ0n) is 59.3. The van der Waals surface area contributed by atoms with Crippen LogP contribution in [0.3, 0.4) is 0 Å². The Bertz CT molecular complexity index is 6430. The monoisotopic (exact) mass is 1340 g/mol. The molecule has 0 aliphatic carbocycles. The van der Waals surface area contributed by atoms with Gasteiger partial charge >= 0.3 is 19.5 Å². The van der Waals surface area contributed by atoms with E-state index in [-0.39, 0.29) is 41.1 Å². The van der Waals surface area contributed by atoms with E-state index in [0.29, 0.717) is 0 Å². The molecule has 101 heavy (non-hydrogen) atoms. The van der Waals surface area contributed by atoms with Crippen molar-refractivity contribution in [3.63, 3.8) is 0 Å².